The van der Waals surface area contributed by atoms with Crippen LogP contribution in [0.25, 0.3) is 0 Å². The topological polar surface area (TPSA) is 75.0 Å². The number of aliphatic imine (C=N–C) groups is 1. The van der Waals surface area contributed by atoms with Crippen LogP contribution in [0.15, 0.2) is 17.4 Å². The van der Waals surface area contributed by atoms with Crippen LogP contribution in [-0.2, 0) is 11.3 Å². The fourth-order valence-corrected chi connectivity index (χ4v) is 3.45. The molecule has 8 nitrogen and oxygen atoms in total. The molecule has 0 aliphatic carbocycles. The first-order chi connectivity index (χ1) is 14.1. The number of likely N-dealkylation sites (tertiary alicyclic amines) is 1. The number of piperidine rings is 1. The number of ether oxygens (including phenoxy) is 1. The summed E-state index contributed by atoms with van der Waals surface area (Å²) in [5.41, 5.74) is -0.509. The van der Waals surface area contributed by atoms with Crippen LogP contribution in [0.1, 0.15) is 52.9 Å². The third kappa shape index (κ3) is 6.84. The van der Waals surface area contributed by atoms with Gasteiger partial charge in [-0.1, -0.05) is 0 Å². The van der Waals surface area contributed by atoms with Crippen molar-refractivity contribution in [1.82, 2.24) is 24.7 Å². The van der Waals surface area contributed by atoms with Gasteiger partial charge >= 0.3 is 12.6 Å². The first-order valence-corrected chi connectivity index (χ1v) is 10.4. The number of hydrogen-bond donors (Lipinski definition) is 1. The van der Waals surface area contributed by atoms with Crippen LogP contribution in [0.3, 0.4) is 0 Å². The minimum Gasteiger partial charge on any atom is -0.444 e. The Morgan fingerprint density at radius 1 is 1.40 bits per heavy atom. The molecule has 1 aromatic rings. The SMILES string of the molecule is CCN(CC1CCN(C(=NC)NCc2nccn2C(F)F)CC1)C(=O)OC(C)(C)C. The van der Waals surface area contributed by atoms with E-state index in [1.165, 1.54) is 12.4 Å². The van der Waals surface area contributed by atoms with E-state index in [-0.39, 0.29) is 18.5 Å². The third-order valence-electron chi connectivity index (χ3n) is 5.00. The van der Waals surface area contributed by atoms with Gasteiger partial charge in [-0.15, -0.1) is 0 Å². The molecule has 10 heteroatoms. The fraction of sp³-hybridized carbons (Fsp3) is 0.750. The van der Waals surface area contributed by atoms with Gasteiger partial charge in [-0.2, -0.15) is 8.78 Å². The molecule has 0 radical (unpaired) electrons. The second-order valence-corrected chi connectivity index (χ2v) is 8.38. The Labute approximate surface area is 177 Å². The average Bonchev–Trinajstić information content (AvgIpc) is 3.15. The number of hydrogen-bond acceptors (Lipinski definition) is 4. The van der Waals surface area contributed by atoms with Crippen LogP contribution in [-0.4, -0.2) is 70.2 Å². The molecule has 1 aromatic heterocycles. The number of nitrogens with zero attached hydrogens (tertiary/aromatic N) is 5. The molecule has 1 aliphatic heterocycles. The highest BCUT2D eigenvalue weighted by Gasteiger charge is 2.27. The van der Waals surface area contributed by atoms with Crippen molar-refractivity contribution in [2.24, 2.45) is 10.9 Å². The van der Waals surface area contributed by atoms with E-state index in [0.29, 0.717) is 25.0 Å². The molecular formula is C20H34F2N6O2. The summed E-state index contributed by atoms with van der Waals surface area (Å²) in [6.07, 6.45) is 4.17. The van der Waals surface area contributed by atoms with Crippen LogP contribution < -0.4 is 5.32 Å². The van der Waals surface area contributed by atoms with Crippen molar-refractivity contribution in [2.45, 2.75) is 59.2 Å². The summed E-state index contributed by atoms with van der Waals surface area (Å²) in [7, 11) is 1.68. The number of halogens is 2. The molecule has 0 aromatic carbocycles. The van der Waals surface area contributed by atoms with E-state index in [9.17, 15) is 13.6 Å². The quantitative estimate of drug-likeness (QED) is 0.556. The number of guanidine groups is 1. The maximum Gasteiger partial charge on any atom is 0.410 e. The molecular weight excluding hydrogens is 394 g/mol. The second-order valence-electron chi connectivity index (χ2n) is 8.38. The van der Waals surface area contributed by atoms with Crippen molar-refractivity contribution >= 4 is 12.1 Å². The second kappa shape index (κ2) is 10.6. The molecule has 1 fully saturated rings. The lowest BCUT2D eigenvalue weighted by molar-refractivity contribution is 0.0214. The van der Waals surface area contributed by atoms with Gasteiger partial charge in [0.15, 0.2) is 5.96 Å². The molecule has 1 saturated heterocycles. The Balaban J connectivity index is 1.84. The Hall–Kier alpha value is -2.39. The van der Waals surface area contributed by atoms with Crippen molar-refractivity contribution in [1.29, 1.82) is 0 Å². The van der Waals surface area contributed by atoms with Gasteiger partial charge in [-0.05, 0) is 46.5 Å². The van der Waals surface area contributed by atoms with Gasteiger partial charge in [-0.3, -0.25) is 9.56 Å². The smallest absolute Gasteiger partial charge is 0.410 e. The number of nitrogens with one attached hydrogen (secondary N) is 1. The van der Waals surface area contributed by atoms with Crippen LogP contribution in [0.5, 0.6) is 0 Å². The highest BCUT2D eigenvalue weighted by Crippen LogP contribution is 2.20. The Morgan fingerprint density at radius 3 is 2.60 bits per heavy atom. The van der Waals surface area contributed by atoms with Crippen LogP contribution in [0, 0.1) is 5.92 Å². The van der Waals surface area contributed by atoms with Gasteiger partial charge in [0.1, 0.15) is 11.4 Å². The lowest BCUT2D eigenvalue weighted by Crippen LogP contribution is -2.47. The molecule has 30 heavy (non-hydrogen) atoms. The van der Waals surface area contributed by atoms with Crippen molar-refractivity contribution in [3.8, 4) is 0 Å². The summed E-state index contributed by atoms with van der Waals surface area (Å²) in [5, 5.41) is 3.12. The number of imidazole rings is 1. The van der Waals surface area contributed by atoms with Crippen molar-refractivity contribution in [2.75, 3.05) is 33.2 Å². The summed E-state index contributed by atoms with van der Waals surface area (Å²) >= 11 is 0. The molecule has 2 heterocycles. The molecule has 2 rings (SSSR count). The number of carbonyl (C=O) groups is 1. The molecule has 1 amide bonds. The summed E-state index contributed by atoms with van der Waals surface area (Å²) in [5.74, 6) is 1.30. The predicted octanol–water partition coefficient (Wildman–Crippen LogP) is 3.32. The zero-order valence-corrected chi connectivity index (χ0v) is 18.6. The highest BCUT2D eigenvalue weighted by molar-refractivity contribution is 5.79. The first kappa shape index (κ1) is 23.9. The van der Waals surface area contributed by atoms with Gasteiger partial charge in [-0.25, -0.2) is 9.78 Å². The zero-order chi connectivity index (χ0) is 22.3. The molecule has 0 spiro atoms. The monoisotopic (exact) mass is 428 g/mol. The normalized spacial score (nSPS) is 16.1. The zero-order valence-electron chi connectivity index (χ0n) is 18.6. The van der Waals surface area contributed by atoms with E-state index in [2.05, 4.69) is 20.2 Å². The van der Waals surface area contributed by atoms with Gasteiger partial charge in [0.2, 0.25) is 0 Å². The van der Waals surface area contributed by atoms with E-state index in [4.69, 9.17) is 4.74 Å². The number of carbonyl (C=O) groups excluding carboxylic acids is 1. The minimum atomic E-state index is -2.62. The molecule has 0 unspecified atom stereocenters. The molecule has 0 atom stereocenters. The Morgan fingerprint density at radius 2 is 2.07 bits per heavy atom. The van der Waals surface area contributed by atoms with Gasteiger partial charge in [0.25, 0.3) is 0 Å². The number of aromatic nitrogens is 2. The van der Waals surface area contributed by atoms with Gasteiger partial charge < -0.3 is 19.9 Å². The van der Waals surface area contributed by atoms with Crippen molar-refractivity contribution in [3.05, 3.63) is 18.2 Å². The van der Waals surface area contributed by atoms with Crippen LogP contribution in [0.2, 0.25) is 0 Å². The third-order valence-corrected chi connectivity index (χ3v) is 5.00. The molecule has 1 aliphatic rings. The number of alkyl halides is 2. The Kier molecular flexibility index (Phi) is 8.43. The number of rotatable bonds is 6. The summed E-state index contributed by atoms with van der Waals surface area (Å²) in [6.45, 7) is 7.93. The van der Waals surface area contributed by atoms with E-state index in [0.717, 1.165) is 30.5 Å². The number of amides is 1. The summed E-state index contributed by atoms with van der Waals surface area (Å²) in [6, 6.07) is 0. The van der Waals surface area contributed by atoms with E-state index in [1.807, 2.05) is 27.7 Å². The molecule has 0 saturated carbocycles. The van der Waals surface area contributed by atoms with Crippen LogP contribution >= 0.6 is 0 Å². The van der Waals surface area contributed by atoms with E-state index in [1.54, 1.807) is 11.9 Å². The first-order valence-electron chi connectivity index (χ1n) is 10.4. The fourth-order valence-electron chi connectivity index (χ4n) is 3.45. The highest BCUT2D eigenvalue weighted by atomic mass is 19.3. The van der Waals surface area contributed by atoms with Gasteiger partial charge in [0.05, 0.1) is 6.54 Å². The lowest BCUT2D eigenvalue weighted by Gasteiger charge is -2.36. The van der Waals surface area contributed by atoms with Crippen molar-refractivity contribution in [3.63, 3.8) is 0 Å². The summed E-state index contributed by atoms with van der Waals surface area (Å²) in [4.78, 5) is 24.5. The van der Waals surface area contributed by atoms with Crippen LogP contribution in [0.4, 0.5) is 13.6 Å². The molecule has 0 bridgehead atoms. The molecule has 170 valence electrons. The maximum atomic E-state index is 13.0. The predicted molar refractivity (Wildman–Crippen MR) is 111 cm³/mol. The molecule has 1 N–H and O–H groups in total. The average molecular weight is 429 g/mol. The maximum absolute atomic E-state index is 13.0. The largest absolute Gasteiger partial charge is 0.444 e. The van der Waals surface area contributed by atoms with E-state index < -0.39 is 12.2 Å². The van der Waals surface area contributed by atoms with Gasteiger partial charge in [0, 0.05) is 45.6 Å². The summed E-state index contributed by atoms with van der Waals surface area (Å²) < 4.78 is 32.3. The lowest BCUT2D eigenvalue weighted by atomic mass is 9.96. The minimum absolute atomic E-state index is 0.173. The van der Waals surface area contributed by atoms with E-state index >= 15 is 0 Å². The Bertz CT molecular complexity index is 708. The standard InChI is InChI=1S/C20H34F2N6O2/c1-6-26(19(29)30-20(2,3)4)14-15-7-10-27(11-8-15)18(23-5)25-13-16-24-9-12-28(16)17(21)22/h9,12,15,17H,6-8,10-11,13-14H2,1-5H3,(H,23,25). The van der Waals surface area contributed by atoms with Crippen molar-refractivity contribution < 1.29 is 18.3 Å².